The molecule has 0 aliphatic carbocycles. The molecule has 0 radical (unpaired) electrons. The van der Waals surface area contributed by atoms with Gasteiger partial charge in [0, 0.05) is 11.6 Å². The van der Waals surface area contributed by atoms with Gasteiger partial charge in [-0.05, 0) is 13.0 Å². The molecule has 0 bridgehead atoms. The van der Waals surface area contributed by atoms with Crippen LogP contribution in [0.3, 0.4) is 0 Å². The molecule has 0 saturated carbocycles. The Morgan fingerprint density at radius 2 is 2.19 bits per heavy atom. The first-order chi connectivity index (χ1) is 7.58. The van der Waals surface area contributed by atoms with E-state index in [0.717, 1.165) is 6.07 Å². The van der Waals surface area contributed by atoms with Crippen LogP contribution < -0.4 is 0 Å². The summed E-state index contributed by atoms with van der Waals surface area (Å²) in [6, 6.07) is 3.16. The van der Waals surface area contributed by atoms with Crippen LogP contribution in [0.15, 0.2) is 12.1 Å². The zero-order valence-electron chi connectivity index (χ0n) is 8.59. The molecule has 3 nitrogen and oxygen atoms in total. The van der Waals surface area contributed by atoms with Gasteiger partial charge in [0.15, 0.2) is 0 Å². The van der Waals surface area contributed by atoms with Crippen LogP contribution in [0.25, 0.3) is 0 Å². The zero-order chi connectivity index (χ0) is 12.1. The lowest BCUT2D eigenvalue weighted by molar-refractivity contribution is -0.142. The number of halogens is 2. The fourth-order valence-electron chi connectivity index (χ4n) is 1.24. The third kappa shape index (κ3) is 2.76. The first-order valence-electron chi connectivity index (χ1n) is 4.62. The molecule has 0 aliphatic heterocycles. The third-order valence-electron chi connectivity index (χ3n) is 1.91. The van der Waals surface area contributed by atoms with Crippen LogP contribution in [0.1, 0.15) is 18.1 Å². The fourth-order valence-corrected chi connectivity index (χ4v) is 1.24. The van der Waals surface area contributed by atoms with E-state index in [4.69, 9.17) is 5.26 Å². The van der Waals surface area contributed by atoms with Gasteiger partial charge in [0.1, 0.15) is 11.6 Å². The van der Waals surface area contributed by atoms with E-state index in [2.05, 4.69) is 4.74 Å². The normalized spacial score (nSPS) is 9.62. The molecule has 0 atom stereocenters. The monoisotopic (exact) mass is 225 g/mol. The second-order valence-corrected chi connectivity index (χ2v) is 3.01. The molecule has 0 amide bonds. The molecule has 16 heavy (non-hydrogen) atoms. The average Bonchev–Trinajstić information content (AvgIpc) is 2.22. The number of nitrogens with zero attached hydrogens (tertiary/aromatic N) is 1. The van der Waals surface area contributed by atoms with Gasteiger partial charge in [-0.25, -0.2) is 8.78 Å². The zero-order valence-corrected chi connectivity index (χ0v) is 8.59. The van der Waals surface area contributed by atoms with Crippen molar-refractivity contribution in [2.24, 2.45) is 0 Å². The van der Waals surface area contributed by atoms with Crippen LogP contribution in [-0.4, -0.2) is 12.6 Å². The largest absolute Gasteiger partial charge is 0.466 e. The van der Waals surface area contributed by atoms with Crippen molar-refractivity contribution in [2.45, 2.75) is 13.3 Å². The summed E-state index contributed by atoms with van der Waals surface area (Å²) in [7, 11) is 0. The molecule has 1 aromatic carbocycles. The lowest BCUT2D eigenvalue weighted by atomic mass is 10.0. The van der Waals surface area contributed by atoms with E-state index in [0.29, 0.717) is 6.07 Å². The number of carbonyl (C=O) groups is 1. The van der Waals surface area contributed by atoms with Gasteiger partial charge in [0.05, 0.1) is 24.7 Å². The summed E-state index contributed by atoms with van der Waals surface area (Å²) >= 11 is 0. The van der Waals surface area contributed by atoms with E-state index >= 15 is 0 Å². The Balaban J connectivity index is 3.04. The highest BCUT2D eigenvalue weighted by Crippen LogP contribution is 2.16. The highest BCUT2D eigenvalue weighted by atomic mass is 19.1. The minimum atomic E-state index is -0.912. The van der Waals surface area contributed by atoms with Crippen LogP contribution >= 0.6 is 0 Å². The van der Waals surface area contributed by atoms with Crippen molar-refractivity contribution in [3.63, 3.8) is 0 Å². The summed E-state index contributed by atoms with van der Waals surface area (Å²) < 4.78 is 30.7. The summed E-state index contributed by atoms with van der Waals surface area (Å²) in [5.41, 5.74) is -0.326. The maximum atomic E-state index is 13.3. The number of hydrogen-bond donors (Lipinski definition) is 0. The predicted octanol–water partition coefficient (Wildman–Crippen LogP) is 1.94. The van der Waals surface area contributed by atoms with E-state index in [-0.39, 0.29) is 24.2 Å². The molecule has 0 fully saturated rings. The van der Waals surface area contributed by atoms with Crippen molar-refractivity contribution in [3.8, 4) is 6.07 Å². The van der Waals surface area contributed by atoms with Gasteiger partial charge in [0.2, 0.25) is 0 Å². The number of hydrogen-bond acceptors (Lipinski definition) is 3. The number of ether oxygens (including phenoxy) is 1. The number of esters is 1. The van der Waals surface area contributed by atoms with E-state index in [1.54, 1.807) is 13.0 Å². The SMILES string of the molecule is CCOC(=O)Cc1c(F)cc(F)cc1C#N. The van der Waals surface area contributed by atoms with Gasteiger partial charge in [-0.2, -0.15) is 5.26 Å². The molecule has 84 valence electrons. The number of nitriles is 1. The molecule has 0 saturated heterocycles. The number of carbonyl (C=O) groups excluding carboxylic acids is 1. The third-order valence-corrected chi connectivity index (χ3v) is 1.91. The second-order valence-electron chi connectivity index (χ2n) is 3.01. The molecule has 1 aromatic rings. The minimum Gasteiger partial charge on any atom is -0.466 e. The van der Waals surface area contributed by atoms with Crippen molar-refractivity contribution in [3.05, 3.63) is 34.9 Å². The lowest BCUT2D eigenvalue weighted by Gasteiger charge is -2.05. The van der Waals surface area contributed by atoms with Gasteiger partial charge in [-0.1, -0.05) is 0 Å². The lowest BCUT2D eigenvalue weighted by Crippen LogP contribution is -2.10. The van der Waals surface area contributed by atoms with E-state index in [1.807, 2.05) is 0 Å². The molecular weight excluding hydrogens is 216 g/mol. The van der Waals surface area contributed by atoms with Gasteiger partial charge >= 0.3 is 5.97 Å². The number of rotatable bonds is 3. The summed E-state index contributed by atoms with van der Waals surface area (Å²) in [6.45, 7) is 1.79. The van der Waals surface area contributed by atoms with Crippen molar-refractivity contribution in [1.82, 2.24) is 0 Å². The molecule has 0 aromatic heterocycles. The fraction of sp³-hybridized carbons (Fsp3) is 0.273. The summed E-state index contributed by atoms with van der Waals surface area (Å²) in [5, 5.41) is 8.67. The van der Waals surface area contributed by atoms with Crippen LogP contribution in [0, 0.1) is 23.0 Å². The summed E-state index contributed by atoms with van der Waals surface area (Å²) in [6.07, 6.45) is -0.372. The van der Waals surface area contributed by atoms with Crippen LogP contribution in [0.5, 0.6) is 0 Å². The second kappa shape index (κ2) is 5.21. The molecule has 0 aliphatic rings. The summed E-state index contributed by atoms with van der Waals surface area (Å²) in [5.74, 6) is -2.41. The van der Waals surface area contributed by atoms with Crippen molar-refractivity contribution in [2.75, 3.05) is 6.61 Å². The van der Waals surface area contributed by atoms with Crippen LogP contribution in [0.4, 0.5) is 8.78 Å². The Morgan fingerprint density at radius 3 is 2.75 bits per heavy atom. The molecule has 0 heterocycles. The quantitative estimate of drug-likeness (QED) is 0.738. The van der Waals surface area contributed by atoms with Gasteiger partial charge in [-0.3, -0.25) is 4.79 Å². The first kappa shape index (κ1) is 12.1. The Morgan fingerprint density at radius 1 is 1.50 bits per heavy atom. The average molecular weight is 225 g/mol. The van der Waals surface area contributed by atoms with Gasteiger partial charge in [0.25, 0.3) is 0 Å². The van der Waals surface area contributed by atoms with Gasteiger partial charge < -0.3 is 4.74 Å². The molecule has 5 heteroatoms. The van der Waals surface area contributed by atoms with E-state index in [1.165, 1.54) is 0 Å². The number of benzene rings is 1. The van der Waals surface area contributed by atoms with E-state index in [9.17, 15) is 13.6 Å². The standard InChI is InChI=1S/C11H9F2NO2/c1-2-16-11(15)5-9-7(6-14)3-8(12)4-10(9)13/h3-4H,2,5H2,1H3. The maximum Gasteiger partial charge on any atom is 0.310 e. The van der Waals surface area contributed by atoms with Crippen LogP contribution in [0.2, 0.25) is 0 Å². The Labute approximate surface area is 91.3 Å². The molecule has 0 unspecified atom stereocenters. The molecule has 0 spiro atoms. The van der Waals surface area contributed by atoms with E-state index < -0.39 is 17.6 Å². The smallest absolute Gasteiger partial charge is 0.310 e. The Bertz CT molecular complexity index is 452. The van der Waals surface area contributed by atoms with Crippen molar-refractivity contribution >= 4 is 5.97 Å². The highest BCUT2D eigenvalue weighted by Gasteiger charge is 2.15. The molecular formula is C11H9F2NO2. The molecule has 0 N–H and O–H groups in total. The van der Waals surface area contributed by atoms with Crippen molar-refractivity contribution in [1.29, 1.82) is 5.26 Å². The minimum absolute atomic E-state index is 0.137. The summed E-state index contributed by atoms with van der Waals surface area (Å²) in [4.78, 5) is 11.1. The highest BCUT2D eigenvalue weighted by molar-refractivity contribution is 5.73. The maximum absolute atomic E-state index is 13.3. The topological polar surface area (TPSA) is 50.1 Å². The predicted molar refractivity (Wildman–Crippen MR) is 51.4 cm³/mol. The molecule has 1 rings (SSSR count). The van der Waals surface area contributed by atoms with Gasteiger partial charge in [-0.15, -0.1) is 0 Å². The first-order valence-corrected chi connectivity index (χ1v) is 4.62. The van der Waals surface area contributed by atoms with Crippen LogP contribution in [-0.2, 0) is 16.0 Å². The Kier molecular flexibility index (Phi) is 3.95. The van der Waals surface area contributed by atoms with Crippen molar-refractivity contribution < 1.29 is 18.3 Å². The Hall–Kier alpha value is -1.96.